The van der Waals surface area contributed by atoms with E-state index in [4.69, 9.17) is 37.9 Å². The van der Waals surface area contributed by atoms with Crippen LogP contribution in [-0.2, 0) is 0 Å². The molecule has 0 amide bonds. The number of allylic oxidation sites excluding steroid dienone is 7. The van der Waals surface area contributed by atoms with Gasteiger partial charge in [-0.3, -0.25) is 33.6 Å². The topological polar surface area (TPSA) is 193 Å². The molecule has 133 heavy (non-hydrogen) atoms. The van der Waals surface area contributed by atoms with E-state index in [1.54, 1.807) is 133 Å². The van der Waals surface area contributed by atoms with Crippen LogP contribution in [0.3, 0.4) is 0 Å². The molecule has 0 fully saturated rings. The lowest BCUT2D eigenvalue weighted by atomic mass is 10.0. The highest BCUT2D eigenvalue weighted by atomic mass is 16.5. The van der Waals surface area contributed by atoms with Gasteiger partial charge >= 0.3 is 0 Å². The largest absolute Gasteiger partial charge is 0.497 e. The average Bonchev–Trinajstić information content (AvgIpc) is 0.793. The maximum atomic E-state index is 12.4. The number of rotatable bonds is 29. The molecule has 15 heteroatoms. The molecule has 0 aromatic heterocycles. The number of ketones is 7. The summed E-state index contributed by atoms with van der Waals surface area (Å²) in [5.41, 5.74) is 16.3. The Bertz CT molecular complexity index is 6290. The van der Waals surface area contributed by atoms with Gasteiger partial charge in [-0.05, 0) is 193 Å². The molecule has 0 spiro atoms. The van der Waals surface area contributed by atoms with E-state index >= 15 is 0 Å². The molecule has 14 aromatic carbocycles. The summed E-state index contributed by atoms with van der Waals surface area (Å²) in [5, 5.41) is 0. The van der Waals surface area contributed by atoms with Crippen molar-refractivity contribution in [1.82, 2.24) is 0 Å². The van der Waals surface area contributed by atoms with Crippen molar-refractivity contribution in [2.75, 3.05) is 56.9 Å². The van der Waals surface area contributed by atoms with Gasteiger partial charge in [0.1, 0.15) is 40.1 Å². The van der Waals surface area contributed by atoms with Gasteiger partial charge in [-0.25, -0.2) is 0 Å². The van der Waals surface area contributed by atoms with Gasteiger partial charge in [0.2, 0.25) is 0 Å². The van der Waals surface area contributed by atoms with Crippen LogP contribution >= 0.6 is 0 Å². The molecule has 672 valence electrons. The van der Waals surface area contributed by atoms with Gasteiger partial charge < -0.3 is 37.9 Å². The van der Waals surface area contributed by atoms with Crippen LogP contribution in [-0.4, -0.2) is 97.4 Å². The highest BCUT2D eigenvalue weighted by Gasteiger charge is 2.19. The highest BCUT2D eigenvalue weighted by Crippen LogP contribution is 2.36. The van der Waals surface area contributed by atoms with Gasteiger partial charge in [-0.15, -0.1) is 0 Å². The number of carbonyl (C=O) groups excluding carboxylic acids is 7. The Morgan fingerprint density at radius 1 is 0.195 bits per heavy atom. The van der Waals surface area contributed by atoms with Crippen LogP contribution in [0.1, 0.15) is 139 Å². The molecule has 0 saturated heterocycles. The van der Waals surface area contributed by atoms with Crippen molar-refractivity contribution >= 4 is 83.0 Å². The smallest absolute Gasteiger partial charge is 0.193 e. The summed E-state index contributed by atoms with van der Waals surface area (Å²) < 4.78 is 41.9. The zero-order valence-corrected chi connectivity index (χ0v) is 77.1. The second-order valence-electron chi connectivity index (χ2n) is 29.5. The third-order valence-corrected chi connectivity index (χ3v) is 19.9. The molecular formula is C118H110O15. The lowest BCUT2D eigenvalue weighted by Gasteiger charge is -2.13. The van der Waals surface area contributed by atoms with E-state index in [0.717, 1.165) is 78.1 Å². The zero-order chi connectivity index (χ0) is 95.5. The van der Waals surface area contributed by atoms with Crippen LogP contribution in [0.5, 0.6) is 46.0 Å². The van der Waals surface area contributed by atoms with Crippen molar-refractivity contribution < 1.29 is 71.5 Å². The summed E-state index contributed by atoms with van der Waals surface area (Å²) in [7, 11) is 12.5. The predicted octanol–water partition coefficient (Wildman–Crippen LogP) is 26.7. The zero-order valence-electron chi connectivity index (χ0n) is 77.1. The minimum Gasteiger partial charge on any atom is -0.497 e. The first-order valence-electron chi connectivity index (χ1n) is 42.6. The van der Waals surface area contributed by atoms with Crippen molar-refractivity contribution in [2.45, 2.75) is 34.6 Å². The molecular weight excluding hydrogens is 1660 g/mol. The monoisotopic (exact) mass is 1770 g/mol. The quantitative estimate of drug-likeness (QED) is 0.0317. The number of benzene rings is 14. The number of hydrogen-bond donors (Lipinski definition) is 0. The first kappa shape index (κ1) is 102. The van der Waals surface area contributed by atoms with E-state index in [0.29, 0.717) is 73.6 Å². The summed E-state index contributed by atoms with van der Waals surface area (Å²) in [4.78, 5) is 84.9. The fourth-order valence-corrected chi connectivity index (χ4v) is 12.7. The summed E-state index contributed by atoms with van der Waals surface area (Å²) >= 11 is 0. The van der Waals surface area contributed by atoms with E-state index in [1.165, 1.54) is 27.4 Å². The van der Waals surface area contributed by atoms with Gasteiger partial charge in [0.25, 0.3) is 0 Å². The van der Waals surface area contributed by atoms with Gasteiger partial charge in [-0.2, -0.15) is 0 Å². The Morgan fingerprint density at radius 3 is 0.902 bits per heavy atom. The predicted molar refractivity (Wildman–Crippen MR) is 540 cm³/mol. The van der Waals surface area contributed by atoms with Gasteiger partial charge in [0.15, 0.2) is 52.0 Å². The Labute approximate surface area is 781 Å². The molecule has 0 bridgehead atoms. The lowest BCUT2D eigenvalue weighted by molar-refractivity contribution is 0.103. The Morgan fingerprint density at radius 2 is 0.511 bits per heavy atom. The van der Waals surface area contributed by atoms with Crippen LogP contribution in [0, 0.1) is 34.6 Å². The van der Waals surface area contributed by atoms with Crippen molar-refractivity contribution in [3.8, 4) is 46.0 Å². The van der Waals surface area contributed by atoms with Crippen LogP contribution in [0.15, 0.2) is 388 Å². The van der Waals surface area contributed by atoms with E-state index in [1.807, 2.05) is 362 Å². The molecule has 0 heterocycles. The SMILES string of the molecule is COc1c(C)ccc(C(=O)/C=C/c2ccccc2)c1OC.COc1cc(C(=O)/C=C/c2ccccc2)ccc1C.COc1cc(C)ccc1C(=O)/C=C/c1ccccc1.COc1ccc(C)cc1C(=O)/C=C/c1ccccc1.COc1cccc(C(=O)/C=C/c2ccccc2)c1.COc1cccc(OC)c1C(=O)/C=C/c1ccccc1.Cc1ccc(C(=O)/C=C/c2ccccc2)cc1. The average molecular weight is 1770 g/mol. The molecule has 0 atom stereocenters. The summed E-state index contributed by atoms with van der Waals surface area (Å²) in [6.07, 6.45) is 23.6. The van der Waals surface area contributed by atoms with Crippen LogP contribution in [0.2, 0.25) is 0 Å². The van der Waals surface area contributed by atoms with Crippen LogP contribution in [0.4, 0.5) is 0 Å². The maximum absolute atomic E-state index is 12.4. The van der Waals surface area contributed by atoms with Crippen molar-refractivity contribution in [3.05, 3.63) is 494 Å². The Hall–Kier alpha value is -16.7. The van der Waals surface area contributed by atoms with Gasteiger partial charge in [0.05, 0.1) is 73.6 Å². The first-order valence-corrected chi connectivity index (χ1v) is 42.6. The van der Waals surface area contributed by atoms with Crippen molar-refractivity contribution in [1.29, 1.82) is 0 Å². The van der Waals surface area contributed by atoms with E-state index < -0.39 is 0 Å². The third-order valence-electron chi connectivity index (χ3n) is 19.9. The minimum atomic E-state index is -0.150. The summed E-state index contributed by atoms with van der Waals surface area (Å²) in [6.45, 7) is 9.80. The highest BCUT2D eigenvalue weighted by molar-refractivity contribution is 6.13. The summed E-state index contributed by atoms with van der Waals surface area (Å²) in [5.74, 6) is 4.33. The second-order valence-corrected chi connectivity index (χ2v) is 29.5. The maximum Gasteiger partial charge on any atom is 0.193 e. The molecule has 0 N–H and O–H groups in total. The van der Waals surface area contributed by atoms with Gasteiger partial charge in [0, 0.05) is 16.7 Å². The standard InChI is InChI=1S/C18H18O3.C17H16O3.3C17H16O2.C16H14O2.C16H14O/c1-13-9-11-15(18(21-3)17(13)20-2)16(19)12-10-14-7-5-4-6-8-14;1-19-15-9-6-10-16(20-2)17(15)14(18)12-11-13-7-4-3-5-8-13;1-13-8-11-17(19-2)15(12-13)16(18)10-9-14-6-4-3-5-7-14;1-13-8-10-15(12-17(13)19-2)16(18)11-9-14-6-4-3-5-7-14;1-13-8-10-15(17(12-13)19-2)16(18)11-9-14-6-4-3-5-7-14;1-18-15-9-5-8-14(12-15)16(17)11-10-13-6-3-2-4-7-13;1-13-7-10-15(11-8-13)16(17)12-9-14-5-3-2-4-6-14/h4-12H,1-3H3;3-12H,1-2H3;3*3-12H,1-2H3;2-12H,1H3;2-12H,1H3/b12-10+;12-11+;10-9+;2*11-9+;11-10+;12-9+. The summed E-state index contributed by atoms with van der Waals surface area (Å²) in [6, 6.07) is 108. The number of carbonyl (C=O) groups is 7. The van der Waals surface area contributed by atoms with Crippen LogP contribution < -0.4 is 37.9 Å². The molecule has 14 rings (SSSR count). The van der Waals surface area contributed by atoms with Crippen molar-refractivity contribution in [3.63, 3.8) is 0 Å². The number of methoxy groups -OCH3 is 8. The normalized spacial score (nSPS) is 10.6. The molecule has 0 unspecified atom stereocenters. The van der Waals surface area contributed by atoms with Gasteiger partial charge in [-0.1, -0.05) is 339 Å². The van der Waals surface area contributed by atoms with E-state index in [-0.39, 0.29) is 40.5 Å². The van der Waals surface area contributed by atoms with E-state index in [2.05, 4.69) is 0 Å². The molecule has 0 saturated carbocycles. The second kappa shape index (κ2) is 55.8. The number of aryl methyl sites for hydroxylation is 5. The van der Waals surface area contributed by atoms with Crippen LogP contribution in [0.25, 0.3) is 42.5 Å². The Balaban J connectivity index is 0.000000191. The molecule has 15 nitrogen and oxygen atoms in total. The van der Waals surface area contributed by atoms with E-state index in [9.17, 15) is 33.6 Å². The molecule has 0 aliphatic carbocycles. The number of hydrogen-bond acceptors (Lipinski definition) is 15. The number of ether oxygens (including phenoxy) is 8. The van der Waals surface area contributed by atoms with Crippen molar-refractivity contribution in [2.24, 2.45) is 0 Å². The molecule has 0 aliphatic heterocycles. The fourth-order valence-electron chi connectivity index (χ4n) is 12.7. The minimum absolute atomic E-state index is 0.0258. The third kappa shape index (κ3) is 34.1. The molecule has 0 aliphatic rings. The Kier molecular flexibility index (Phi) is 42.7. The molecule has 14 aromatic rings. The molecule has 0 radical (unpaired) electrons. The first-order chi connectivity index (χ1) is 64.6. The fraction of sp³-hybridized carbons (Fsp3) is 0.110. The lowest BCUT2D eigenvalue weighted by Crippen LogP contribution is -2.02.